The van der Waals surface area contributed by atoms with E-state index in [9.17, 15) is 14.7 Å². The lowest BCUT2D eigenvalue weighted by Crippen LogP contribution is -2.31. The summed E-state index contributed by atoms with van der Waals surface area (Å²) in [5.74, 6) is -0.289. The van der Waals surface area contributed by atoms with Gasteiger partial charge in [-0.1, -0.05) is 41.9 Å². The summed E-state index contributed by atoms with van der Waals surface area (Å²) >= 11 is 7.62. The summed E-state index contributed by atoms with van der Waals surface area (Å²) in [6, 6.07) is 12.4. The molecule has 1 amide bonds. The maximum Gasteiger partial charge on any atom is 0.407 e. The normalized spacial score (nSPS) is 16.0. The molecule has 5 nitrogen and oxygen atoms in total. The summed E-state index contributed by atoms with van der Waals surface area (Å²) in [5.41, 5.74) is 1.80. The number of aromatic carboxylic acids is 1. The topological polar surface area (TPSA) is 75.6 Å². The van der Waals surface area contributed by atoms with E-state index >= 15 is 0 Å². The average Bonchev–Trinajstić information content (AvgIpc) is 2.61. The number of halogens is 1. The Hall–Kier alpha value is -2.18. The van der Waals surface area contributed by atoms with Crippen LogP contribution in [0.15, 0.2) is 47.4 Å². The van der Waals surface area contributed by atoms with Gasteiger partial charge in [-0.25, -0.2) is 9.59 Å². The van der Waals surface area contributed by atoms with Gasteiger partial charge in [0.1, 0.15) is 6.61 Å². The molecule has 0 bridgehead atoms. The van der Waals surface area contributed by atoms with Gasteiger partial charge in [-0.3, -0.25) is 0 Å². The van der Waals surface area contributed by atoms with Crippen LogP contribution in [0.3, 0.4) is 0 Å². The molecule has 130 valence electrons. The van der Waals surface area contributed by atoms with Gasteiger partial charge in [-0.15, -0.1) is 11.8 Å². The van der Waals surface area contributed by atoms with E-state index in [-0.39, 0.29) is 23.2 Å². The fraction of sp³-hybridized carbons (Fsp3) is 0.222. The van der Waals surface area contributed by atoms with Crippen LogP contribution in [0.25, 0.3) is 0 Å². The molecule has 0 aromatic heterocycles. The molecule has 2 N–H and O–H groups in total. The number of hydrogen-bond donors (Lipinski definition) is 2. The zero-order valence-corrected chi connectivity index (χ0v) is 14.8. The lowest BCUT2D eigenvalue weighted by Gasteiger charge is -2.26. The van der Waals surface area contributed by atoms with Gasteiger partial charge >= 0.3 is 12.1 Å². The van der Waals surface area contributed by atoms with Crippen LogP contribution in [0, 0.1) is 0 Å². The van der Waals surface area contributed by atoms with E-state index in [1.165, 1.54) is 0 Å². The Bertz CT molecular complexity index is 797. The Kier molecular flexibility index (Phi) is 5.50. The molecule has 2 aromatic carbocycles. The number of benzene rings is 2. The molecule has 0 fully saturated rings. The first-order valence-electron chi connectivity index (χ1n) is 7.71. The molecule has 1 heterocycles. The molecule has 3 rings (SSSR count). The Morgan fingerprint density at radius 2 is 2.04 bits per heavy atom. The summed E-state index contributed by atoms with van der Waals surface area (Å²) in [6.45, 7) is 0.194. The Balaban J connectivity index is 1.69. The van der Waals surface area contributed by atoms with Crippen molar-refractivity contribution in [2.45, 2.75) is 24.0 Å². The minimum atomic E-state index is -1.06. The second-order valence-electron chi connectivity index (χ2n) is 5.57. The van der Waals surface area contributed by atoms with E-state index in [2.05, 4.69) is 5.32 Å². The predicted molar refractivity (Wildman–Crippen MR) is 96.3 cm³/mol. The number of carboxylic acids is 1. The van der Waals surface area contributed by atoms with E-state index < -0.39 is 12.1 Å². The molecule has 0 aliphatic carbocycles. The summed E-state index contributed by atoms with van der Waals surface area (Å²) in [7, 11) is 0. The maximum atomic E-state index is 12.1. The first-order chi connectivity index (χ1) is 12.0. The highest BCUT2D eigenvalue weighted by molar-refractivity contribution is 7.99. The first kappa shape index (κ1) is 17.6. The molecule has 0 spiro atoms. The lowest BCUT2D eigenvalue weighted by atomic mass is 10.0. The van der Waals surface area contributed by atoms with E-state index in [0.29, 0.717) is 0 Å². The Morgan fingerprint density at radius 3 is 2.76 bits per heavy atom. The maximum absolute atomic E-state index is 12.1. The van der Waals surface area contributed by atoms with Crippen molar-refractivity contribution < 1.29 is 19.4 Å². The molecule has 7 heteroatoms. The fourth-order valence-electron chi connectivity index (χ4n) is 2.63. The number of rotatable bonds is 4. The molecule has 2 aromatic rings. The highest BCUT2D eigenvalue weighted by atomic mass is 35.5. The monoisotopic (exact) mass is 377 g/mol. The van der Waals surface area contributed by atoms with Gasteiger partial charge in [0.2, 0.25) is 0 Å². The summed E-state index contributed by atoms with van der Waals surface area (Å²) in [4.78, 5) is 24.1. The van der Waals surface area contributed by atoms with Crippen LogP contribution in [-0.4, -0.2) is 22.9 Å². The number of thioether (sulfide) groups is 1. The van der Waals surface area contributed by atoms with E-state index in [1.54, 1.807) is 23.9 Å². The summed E-state index contributed by atoms with van der Waals surface area (Å²) < 4.78 is 5.25. The van der Waals surface area contributed by atoms with Crippen LogP contribution in [0.2, 0.25) is 5.02 Å². The molecule has 0 saturated carbocycles. The molecule has 1 aliphatic rings. The molecule has 25 heavy (non-hydrogen) atoms. The third-order valence-corrected chi connectivity index (χ3v) is 5.29. The number of fused-ring (bicyclic) bond motifs is 1. The van der Waals surface area contributed by atoms with Crippen LogP contribution in [0.5, 0.6) is 0 Å². The first-order valence-corrected chi connectivity index (χ1v) is 9.07. The van der Waals surface area contributed by atoms with Crippen molar-refractivity contribution in [1.29, 1.82) is 0 Å². The van der Waals surface area contributed by atoms with E-state index in [1.807, 2.05) is 30.3 Å². The van der Waals surface area contributed by atoms with E-state index in [4.69, 9.17) is 16.3 Å². The highest BCUT2D eigenvalue weighted by Gasteiger charge is 2.25. The zero-order valence-electron chi connectivity index (χ0n) is 13.2. The van der Waals surface area contributed by atoms with Crippen molar-refractivity contribution in [1.82, 2.24) is 5.32 Å². The Morgan fingerprint density at radius 1 is 1.28 bits per heavy atom. The molecule has 0 radical (unpaired) electrons. The number of carbonyl (C=O) groups excluding carboxylic acids is 1. The van der Waals surface area contributed by atoms with Crippen molar-refractivity contribution in [3.8, 4) is 0 Å². The minimum Gasteiger partial charge on any atom is -0.478 e. The molecule has 1 atom stereocenters. The average molecular weight is 378 g/mol. The van der Waals surface area contributed by atoms with Crippen molar-refractivity contribution >= 4 is 35.4 Å². The molecular weight excluding hydrogens is 362 g/mol. The number of nitrogens with one attached hydrogen (secondary N) is 1. The second kappa shape index (κ2) is 7.80. The summed E-state index contributed by atoms with van der Waals surface area (Å²) in [6.07, 6.45) is 0.214. The number of alkyl carbamates (subject to hydrolysis) is 1. The number of carboxylic acid groups (broad SMARTS) is 1. The van der Waals surface area contributed by atoms with Crippen molar-refractivity contribution in [2.75, 3.05) is 5.75 Å². The van der Waals surface area contributed by atoms with Gasteiger partial charge < -0.3 is 15.2 Å². The van der Waals surface area contributed by atoms with Crippen molar-refractivity contribution in [3.63, 3.8) is 0 Å². The lowest BCUT2D eigenvalue weighted by molar-refractivity contribution is 0.0696. The number of carbonyl (C=O) groups is 2. The minimum absolute atomic E-state index is 0.0696. The third-order valence-electron chi connectivity index (χ3n) is 3.87. The van der Waals surface area contributed by atoms with Crippen LogP contribution in [0.4, 0.5) is 4.79 Å². The smallest absolute Gasteiger partial charge is 0.407 e. The molecule has 0 saturated heterocycles. The quantitative estimate of drug-likeness (QED) is 0.820. The van der Waals surface area contributed by atoms with E-state index in [0.717, 1.165) is 28.2 Å². The number of ether oxygens (including phenoxy) is 1. The zero-order chi connectivity index (χ0) is 17.8. The van der Waals surface area contributed by atoms with Crippen molar-refractivity contribution in [3.05, 3.63) is 64.2 Å². The molecular formula is C18H16ClNO4S. The van der Waals surface area contributed by atoms with Crippen LogP contribution in [0.1, 0.15) is 33.9 Å². The van der Waals surface area contributed by atoms with Gasteiger partial charge in [-0.2, -0.15) is 0 Å². The van der Waals surface area contributed by atoms with Crippen molar-refractivity contribution in [2.24, 2.45) is 0 Å². The fourth-order valence-corrected chi connectivity index (χ4v) is 4.02. The second-order valence-corrected chi connectivity index (χ2v) is 7.11. The van der Waals surface area contributed by atoms with Crippen LogP contribution in [-0.2, 0) is 11.3 Å². The molecule has 0 unspecified atom stereocenters. The standard InChI is InChI=1S/C18H16ClNO4S/c19-14-8-13-15(6-7-25-16(13)9-12(14)17(21)22)20-18(23)24-10-11-4-2-1-3-5-11/h1-5,8-9,15H,6-7,10H2,(H,20,23)(H,21,22)/t15-/m0/s1. The van der Waals surface area contributed by atoms with Crippen LogP contribution < -0.4 is 5.32 Å². The summed E-state index contributed by atoms with van der Waals surface area (Å²) in [5, 5.41) is 12.2. The van der Waals surface area contributed by atoms with Gasteiger partial charge in [-0.05, 0) is 29.7 Å². The van der Waals surface area contributed by atoms with Gasteiger partial charge in [0.15, 0.2) is 0 Å². The number of hydrogen-bond acceptors (Lipinski definition) is 4. The predicted octanol–water partition coefficient (Wildman–Crippen LogP) is 4.50. The molecule has 1 aliphatic heterocycles. The van der Waals surface area contributed by atoms with Gasteiger partial charge in [0.25, 0.3) is 0 Å². The highest BCUT2D eigenvalue weighted by Crippen LogP contribution is 2.39. The SMILES string of the molecule is O=C(N[C@H]1CCSc2cc(C(=O)O)c(Cl)cc21)OCc1ccccc1. The number of amides is 1. The van der Waals surface area contributed by atoms with Gasteiger partial charge in [0.05, 0.1) is 16.6 Å². The Labute approximate surface area is 154 Å². The van der Waals surface area contributed by atoms with Gasteiger partial charge in [0, 0.05) is 10.6 Å². The largest absolute Gasteiger partial charge is 0.478 e. The third kappa shape index (κ3) is 4.27. The van der Waals surface area contributed by atoms with Crippen LogP contribution >= 0.6 is 23.4 Å².